The summed E-state index contributed by atoms with van der Waals surface area (Å²) in [6.07, 6.45) is 0. The third-order valence-corrected chi connectivity index (χ3v) is 4.15. The molecule has 2 aliphatic heterocycles. The van der Waals surface area contributed by atoms with Gasteiger partial charge in [-0.1, -0.05) is 18.2 Å². The molecule has 1 aromatic carbocycles. The largest absolute Gasteiger partial charge is 0.378 e. The lowest BCUT2D eigenvalue weighted by Crippen LogP contribution is -2.55. The van der Waals surface area contributed by atoms with E-state index in [2.05, 4.69) is 46.4 Å². The van der Waals surface area contributed by atoms with Crippen molar-refractivity contribution in [2.24, 2.45) is 0 Å². The number of hydrogen-bond acceptors (Lipinski definition) is 4. The minimum absolute atomic E-state index is 0. The van der Waals surface area contributed by atoms with Crippen molar-refractivity contribution in [2.75, 3.05) is 51.3 Å². The molecule has 2 fully saturated rings. The lowest BCUT2D eigenvalue weighted by Gasteiger charge is -2.37. The van der Waals surface area contributed by atoms with Gasteiger partial charge in [0.15, 0.2) is 0 Å². The number of anilines is 1. The predicted molar refractivity (Wildman–Crippen MR) is 84.8 cm³/mol. The van der Waals surface area contributed by atoms with Crippen LogP contribution in [0.15, 0.2) is 24.3 Å². The predicted octanol–water partition coefficient (Wildman–Crippen LogP) is 1.35. The Labute approximate surface area is 127 Å². The summed E-state index contributed by atoms with van der Waals surface area (Å²) < 4.78 is 5.45. The zero-order valence-corrected chi connectivity index (χ0v) is 12.9. The molecule has 0 amide bonds. The number of ether oxygens (including phenoxy) is 1. The molecule has 0 atom stereocenters. The Kier molecular flexibility index (Phi) is 5.66. The molecular weight excluding hydrogens is 274 g/mol. The quantitative estimate of drug-likeness (QED) is 0.908. The second-order valence-electron chi connectivity index (χ2n) is 5.46. The van der Waals surface area contributed by atoms with Crippen LogP contribution in [0.4, 0.5) is 5.69 Å². The molecule has 0 spiro atoms. The van der Waals surface area contributed by atoms with Crippen LogP contribution in [0, 0.1) is 0 Å². The maximum atomic E-state index is 5.45. The van der Waals surface area contributed by atoms with Crippen LogP contribution in [-0.4, -0.2) is 57.4 Å². The molecule has 2 aliphatic rings. The van der Waals surface area contributed by atoms with Crippen molar-refractivity contribution >= 4 is 18.1 Å². The molecule has 0 bridgehead atoms. The van der Waals surface area contributed by atoms with Crippen LogP contribution in [0.5, 0.6) is 0 Å². The smallest absolute Gasteiger partial charge is 0.0642 e. The lowest BCUT2D eigenvalue weighted by atomic mass is 10.1. The van der Waals surface area contributed by atoms with Gasteiger partial charge in [0.05, 0.1) is 13.2 Å². The number of likely N-dealkylation sites (N-methyl/N-ethyl adjacent to an activating group) is 1. The molecule has 1 N–H and O–H groups in total. The maximum absolute atomic E-state index is 5.45. The second-order valence-corrected chi connectivity index (χ2v) is 5.46. The highest BCUT2D eigenvalue weighted by molar-refractivity contribution is 5.85. The van der Waals surface area contributed by atoms with Gasteiger partial charge in [-0.2, -0.15) is 0 Å². The van der Waals surface area contributed by atoms with Gasteiger partial charge in [0.2, 0.25) is 0 Å². The zero-order valence-electron chi connectivity index (χ0n) is 12.0. The number of para-hydroxylation sites is 1. The summed E-state index contributed by atoms with van der Waals surface area (Å²) >= 11 is 0. The molecular formula is C15H24ClN3O. The Balaban J connectivity index is 0.00000147. The third-order valence-electron chi connectivity index (χ3n) is 4.15. The van der Waals surface area contributed by atoms with Gasteiger partial charge in [0.25, 0.3) is 0 Å². The minimum atomic E-state index is 0. The normalized spacial score (nSPS) is 19.6. The molecule has 2 heterocycles. The van der Waals surface area contributed by atoms with E-state index in [4.69, 9.17) is 4.74 Å². The highest BCUT2D eigenvalue weighted by Gasteiger charge is 2.22. The Morgan fingerprint density at radius 1 is 1.25 bits per heavy atom. The first-order valence-electron chi connectivity index (χ1n) is 7.16. The SMILES string of the molecule is CN(Cc1ccccc1N1CCOCC1)C1CNC1.Cl. The van der Waals surface area contributed by atoms with Crippen molar-refractivity contribution in [1.29, 1.82) is 0 Å². The minimum Gasteiger partial charge on any atom is -0.378 e. The van der Waals surface area contributed by atoms with Crippen LogP contribution in [0.25, 0.3) is 0 Å². The number of rotatable bonds is 4. The van der Waals surface area contributed by atoms with E-state index in [9.17, 15) is 0 Å². The van der Waals surface area contributed by atoms with Gasteiger partial charge in [-0.25, -0.2) is 0 Å². The summed E-state index contributed by atoms with van der Waals surface area (Å²) in [6, 6.07) is 9.48. The van der Waals surface area contributed by atoms with Gasteiger partial charge in [-0.15, -0.1) is 12.4 Å². The van der Waals surface area contributed by atoms with E-state index in [0.717, 1.165) is 45.9 Å². The molecule has 0 radical (unpaired) electrons. The standard InChI is InChI=1S/C15H23N3O.ClH/c1-17(14-10-16-11-14)12-13-4-2-3-5-15(13)18-6-8-19-9-7-18;/h2-5,14,16H,6-12H2,1H3;1H. The maximum Gasteiger partial charge on any atom is 0.0642 e. The van der Waals surface area contributed by atoms with Crippen molar-refractivity contribution in [3.8, 4) is 0 Å². The van der Waals surface area contributed by atoms with E-state index in [0.29, 0.717) is 6.04 Å². The van der Waals surface area contributed by atoms with E-state index < -0.39 is 0 Å². The molecule has 0 aromatic heterocycles. The first-order chi connectivity index (χ1) is 9.34. The fourth-order valence-electron chi connectivity index (χ4n) is 2.74. The second kappa shape index (κ2) is 7.27. The molecule has 0 unspecified atom stereocenters. The van der Waals surface area contributed by atoms with E-state index in [1.807, 2.05) is 0 Å². The first-order valence-corrected chi connectivity index (χ1v) is 7.16. The van der Waals surface area contributed by atoms with Crippen molar-refractivity contribution < 1.29 is 4.74 Å². The fraction of sp³-hybridized carbons (Fsp3) is 0.600. The van der Waals surface area contributed by atoms with Crippen molar-refractivity contribution in [3.63, 3.8) is 0 Å². The molecule has 2 saturated heterocycles. The summed E-state index contributed by atoms with van der Waals surface area (Å²) in [5, 5.41) is 3.34. The molecule has 20 heavy (non-hydrogen) atoms. The summed E-state index contributed by atoms with van der Waals surface area (Å²) in [5.74, 6) is 0. The van der Waals surface area contributed by atoms with Crippen LogP contribution in [0.3, 0.4) is 0 Å². The van der Waals surface area contributed by atoms with Gasteiger partial charge in [0, 0.05) is 44.5 Å². The van der Waals surface area contributed by atoms with Crippen molar-refractivity contribution in [2.45, 2.75) is 12.6 Å². The van der Waals surface area contributed by atoms with Gasteiger partial charge >= 0.3 is 0 Å². The Bertz CT molecular complexity index is 419. The first kappa shape index (κ1) is 15.6. The van der Waals surface area contributed by atoms with Crippen LogP contribution >= 0.6 is 12.4 Å². The number of nitrogens with one attached hydrogen (secondary N) is 1. The zero-order chi connectivity index (χ0) is 13.1. The number of hydrogen-bond donors (Lipinski definition) is 1. The topological polar surface area (TPSA) is 27.7 Å². The van der Waals surface area contributed by atoms with Gasteiger partial charge in [0.1, 0.15) is 0 Å². The van der Waals surface area contributed by atoms with E-state index >= 15 is 0 Å². The molecule has 112 valence electrons. The number of morpholine rings is 1. The molecule has 4 nitrogen and oxygen atoms in total. The van der Waals surface area contributed by atoms with Crippen molar-refractivity contribution in [1.82, 2.24) is 10.2 Å². The molecule has 1 aromatic rings. The average Bonchev–Trinajstić information content (AvgIpc) is 2.38. The van der Waals surface area contributed by atoms with Crippen LogP contribution in [0.2, 0.25) is 0 Å². The van der Waals surface area contributed by atoms with E-state index in [1.165, 1.54) is 11.3 Å². The monoisotopic (exact) mass is 297 g/mol. The van der Waals surface area contributed by atoms with Gasteiger partial charge in [-0.05, 0) is 18.7 Å². The molecule has 3 rings (SSSR count). The van der Waals surface area contributed by atoms with E-state index in [-0.39, 0.29) is 12.4 Å². The number of halogens is 1. The highest BCUT2D eigenvalue weighted by atomic mass is 35.5. The lowest BCUT2D eigenvalue weighted by molar-refractivity contribution is 0.122. The van der Waals surface area contributed by atoms with Gasteiger partial charge in [-0.3, -0.25) is 4.90 Å². The van der Waals surface area contributed by atoms with Crippen LogP contribution in [-0.2, 0) is 11.3 Å². The Morgan fingerprint density at radius 2 is 1.95 bits per heavy atom. The Hall–Kier alpha value is -0.810. The average molecular weight is 298 g/mol. The van der Waals surface area contributed by atoms with Gasteiger partial charge < -0.3 is 15.0 Å². The number of nitrogens with zero attached hydrogens (tertiary/aromatic N) is 2. The molecule has 0 aliphatic carbocycles. The molecule has 5 heteroatoms. The highest BCUT2D eigenvalue weighted by Crippen LogP contribution is 2.23. The molecule has 0 saturated carbocycles. The summed E-state index contributed by atoms with van der Waals surface area (Å²) in [7, 11) is 2.22. The van der Waals surface area contributed by atoms with Crippen LogP contribution < -0.4 is 10.2 Å². The summed E-state index contributed by atoms with van der Waals surface area (Å²) in [4.78, 5) is 4.90. The van der Waals surface area contributed by atoms with Crippen molar-refractivity contribution in [3.05, 3.63) is 29.8 Å². The number of benzene rings is 1. The summed E-state index contributed by atoms with van der Waals surface area (Å²) in [5.41, 5.74) is 2.81. The summed E-state index contributed by atoms with van der Waals surface area (Å²) in [6.45, 7) is 6.97. The third kappa shape index (κ3) is 3.44. The fourth-order valence-corrected chi connectivity index (χ4v) is 2.74. The Morgan fingerprint density at radius 3 is 2.60 bits per heavy atom. The van der Waals surface area contributed by atoms with E-state index in [1.54, 1.807) is 0 Å². The van der Waals surface area contributed by atoms with Crippen LogP contribution in [0.1, 0.15) is 5.56 Å².